The van der Waals surface area contributed by atoms with Crippen molar-refractivity contribution in [2.45, 2.75) is 48.2 Å². The van der Waals surface area contributed by atoms with E-state index < -0.39 is 15.1 Å². The van der Waals surface area contributed by atoms with Gasteiger partial charge >= 0.3 is 0 Å². The Balaban J connectivity index is 1.65. The first kappa shape index (κ1) is 25.7. The molecular weight excluding hydrogens is 492 g/mol. The minimum absolute atomic E-state index is 0.145. The highest BCUT2D eigenvalue weighted by molar-refractivity contribution is 8.00. The Morgan fingerprint density at radius 1 is 0.944 bits per heavy atom. The third-order valence-corrected chi connectivity index (χ3v) is 8.66. The fourth-order valence-electron chi connectivity index (χ4n) is 3.68. The van der Waals surface area contributed by atoms with Crippen molar-refractivity contribution >= 4 is 33.2 Å². The molecule has 0 bridgehead atoms. The van der Waals surface area contributed by atoms with Crippen molar-refractivity contribution in [2.24, 2.45) is 0 Å². The first-order valence-electron chi connectivity index (χ1n) is 11.6. The summed E-state index contributed by atoms with van der Waals surface area (Å²) < 4.78 is 28.1. The topological polar surface area (TPSA) is 93.9 Å². The van der Waals surface area contributed by atoms with Crippen LogP contribution in [0.2, 0.25) is 0 Å². The Hall–Kier alpha value is -3.43. The molecule has 0 aliphatic rings. The number of nitrogens with zero attached hydrogens (tertiary/aromatic N) is 3. The van der Waals surface area contributed by atoms with Gasteiger partial charge in [-0.2, -0.15) is 0 Å². The van der Waals surface area contributed by atoms with Crippen LogP contribution in [0.15, 0.2) is 88.9 Å². The van der Waals surface area contributed by atoms with Gasteiger partial charge in [-0.25, -0.2) is 8.42 Å². The number of hydrogen-bond donors (Lipinski definition) is 1. The summed E-state index contributed by atoms with van der Waals surface area (Å²) >= 11 is 1.27. The Labute approximate surface area is 215 Å². The Bertz CT molecular complexity index is 1450. The first-order chi connectivity index (χ1) is 17.3. The highest BCUT2D eigenvalue weighted by Gasteiger charge is 2.26. The highest BCUT2D eigenvalue weighted by atomic mass is 32.2. The lowest BCUT2D eigenvalue weighted by atomic mass is 10.2. The van der Waals surface area contributed by atoms with Crippen LogP contribution in [0.1, 0.15) is 30.3 Å². The number of aryl methyl sites for hydroxylation is 2. The molecule has 1 aromatic heterocycles. The van der Waals surface area contributed by atoms with Gasteiger partial charge in [0.2, 0.25) is 5.91 Å². The molecule has 0 fully saturated rings. The van der Waals surface area contributed by atoms with E-state index in [-0.39, 0.29) is 16.6 Å². The molecule has 0 saturated heterocycles. The van der Waals surface area contributed by atoms with E-state index in [0.717, 1.165) is 22.5 Å². The van der Waals surface area contributed by atoms with Crippen LogP contribution in [0.4, 0.5) is 5.69 Å². The maximum Gasteiger partial charge on any atom is 0.237 e. The molecule has 9 heteroatoms. The van der Waals surface area contributed by atoms with Gasteiger partial charge < -0.3 is 5.32 Å². The maximum absolute atomic E-state index is 13.2. The van der Waals surface area contributed by atoms with Gasteiger partial charge in [-0.05, 0) is 56.2 Å². The standard InChI is InChI=1S/C27H28N4O3S2/c1-4-24(26(32)28-23-13-9-8-10-20(23)3)35-27-30-29-25(31(27)21-11-6-5-7-12-21)18-36(33,34)22-16-14-19(2)15-17-22/h5-17,24H,4,18H2,1-3H3,(H,28,32). The molecule has 0 spiro atoms. The van der Waals surface area contributed by atoms with E-state index in [1.807, 2.05) is 75.4 Å². The monoisotopic (exact) mass is 520 g/mol. The molecule has 1 atom stereocenters. The zero-order valence-corrected chi connectivity index (χ0v) is 22.0. The zero-order valence-electron chi connectivity index (χ0n) is 20.4. The van der Waals surface area contributed by atoms with E-state index in [0.29, 0.717) is 17.4 Å². The first-order valence-corrected chi connectivity index (χ1v) is 14.1. The minimum Gasteiger partial charge on any atom is -0.325 e. The van der Waals surface area contributed by atoms with Crippen LogP contribution in [0, 0.1) is 13.8 Å². The van der Waals surface area contributed by atoms with Crippen LogP contribution in [0.3, 0.4) is 0 Å². The molecule has 1 amide bonds. The Morgan fingerprint density at radius 3 is 2.28 bits per heavy atom. The van der Waals surface area contributed by atoms with E-state index >= 15 is 0 Å². The molecule has 186 valence electrons. The molecule has 3 aromatic carbocycles. The summed E-state index contributed by atoms with van der Waals surface area (Å²) in [6.07, 6.45) is 0.557. The minimum atomic E-state index is -3.65. The summed E-state index contributed by atoms with van der Waals surface area (Å²) in [7, 11) is -3.65. The predicted octanol–water partition coefficient (Wildman–Crippen LogP) is 5.37. The number of para-hydroxylation sites is 2. The molecule has 1 N–H and O–H groups in total. The van der Waals surface area contributed by atoms with Crippen molar-refractivity contribution in [3.63, 3.8) is 0 Å². The average molecular weight is 521 g/mol. The van der Waals surface area contributed by atoms with Gasteiger partial charge in [0.05, 0.1) is 10.1 Å². The molecule has 1 heterocycles. The molecule has 7 nitrogen and oxygen atoms in total. The number of rotatable bonds is 9. The molecule has 0 aliphatic carbocycles. The van der Waals surface area contributed by atoms with Crippen LogP contribution in [-0.4, -0.2) is 34.3 Å². The largest absolute Gasteiger partial charge is 0.325 e. The highest BCUT2D eigenvalue weighted by Crippen LogP contribution is 2.30. The normalized spacial score (nSPS) is 12.3. The number of benzene rings is 3. The third-order valence-electron chi connectivity index (χ3n) is 5.73. The van der Waals surface area contributed by atoms with Gasteiger partial charge in [0, 0.05) is 11.4 Å². The van der Waals surface area contributed by atoms with Crippen molar-refractivity contribution in [3.05, 3.63) is 95.8 Å². The number of anilines is 1. The summed E-state index contributed by atoms with van der Waals surface area (Å²) in [6.45, 7) is 5.78. The average Bonchev–Trinajstić information content (AvgIpc) is 3.25. The summed E-state index contributed by atoms with van der Waals surface area (Å²) in [4.78, 5) is 13.3. The van der Waals surface area contributed by atoms with Crippen LogP contribution in [0.25, 0.3) is 5.69 Å². The van der Waals surface area contributed by atoms with Crippen LogP contribution in [0.5, 0.6) is 0 Å². The summed E-state index contributed by atoms with van der Waals surface area (Å²) in [5, 5.41) is 11.6. The summed E-state index contributed by atoms with van der Waals surface area (Å²) in [5.41, 5.74) is 3.45. The molecule has 36 heavy (non-hydrogen) atoms. The number of amides is 1. The number of hydrogen-bond acceptors (Lipinski definition) is 6. The van der Waals surface area contributed by atoms with Gasteiger partial charge in [0.15, 0.2) is 20.8 Å². The fourth-order valence-corrected chi connectivity index (χ4v) is 5.92. The lowest BCUT2D eigenvalue weighted by molar-refractivity contribution is -0.115. The second-order valence-electron chi connectivity index (χ2n) is 8.46. The smallest absolute Gasteiger partial charge is 0.237 e. The van der Waals surface area contributed by atoms with Crippen LogP contribution >= 0.6 is 11.8 Å². The van der Waals surface area contributed by atoms with Gasteiger partial charge in [-0.1, -0.05) is 72.8 Å². The van der Waals surface area contributed by atoms with Crippen LogP contribution in [-0.2, 0) is 20.4 Å². The predicted molar refractivity (Wildman–Crippen MR) is 143 cm³/mol. The molecular formula is C27H28N4O3S2. The molecule has 0 aliphatic heterocycles. The lowest BCUT2D eigenvalue weighted by Crippen LogP contribution is -2.25. The SMILES string of the molecule is CCC(Sc1nnc(CS(=O)(=O)c2ccc(C)cc2)n1-c1ccccc1)C(=O)Nc1ccccc1C. The fraction of sp³-hybridized carbons (Fsp3) is 0.222. The zero-order chi connectivity index (χ0) is 25.7. The summed E-state index contributed by atoms with van der Waals surface area (Å²) in [6, 6.07) is 23.7. The van der Waals surface area contributed by atoms with Gasteiger partial charge in [-0.15, -0.1) is 10.2 Å². The number of thioether (sulfide) groups is 1. The maximum atomic E-state index is 13.2. The molecule has 0 saturated carbocycles. The second kappa shape index (κ2) is 11.1. The van der Waals surface area contributed by atoms with Crippen molar-refractivity contribution < 1.29 is 13.2 Å². The second-order valence-corrected chi connectivity index (χ2v) is 11.6. The third kappa shape index (κ3) is 5.85. The number of aromatic nitrogens is 3. The quantitative estimate of drug-likeness (QED) is 0.298. The van der Waals surface area contributed by atoms with E-state index in [9.17, 15) is 13.2 Å². The van der Waals surface area contributed by atoms with Gasteiger partial charge in [0.25, 0.3) is 0 Å². The number of nitrogens with one attached hydrogen (secondary N) is 1. The Morgan fingerprint density at radius 2 is 1.61 bits per heavy atom. The van der Waals surface area contributed by atoms with E-state index in [1.54, 1.807) is 28.8 Å². The van der Waals surface area contributed by atoms with Crippen molar-refractivity contribution in [1.29, 1.82) is 0 Å². The number of carbonyl (C=O) groups excluding carboxylic acids is 1. The van der Waals surface area contributed by atoms with Crippen LogP contribution < -0.4 is 5.32 Å². The molecule has 0 radical (unpaired) electrons. The molecule has 4 rings (SSSR count). The van der Waals surface area contributed by atoms with E-state index in [2.05, 4.69) is 15.5 Å². The summed E-state index contributed by atoms with van der Waals surface area (Å²) in [5.74, 6) is -0.170. The number of sulfone groups is 1. The van der Waals surface area contributed by atoms with Gasteiger partial charge in [0.1, 0.15) is 5.75 Å². The van der Waals surface area contributed by atoms with Crippen molar-refractivity contribution in [3.8, 4) is 5.69 Å². The van der Waals surface area contributed by atoms with Gasteiger partial charge in [-0.3, -0.25) is 9.36 Å². The molecule has 4 aromatic rings. The van der Waals surface area contributed by atoms with Crippen molar-refractivity contribution in [2.75, 3.05) is 5.32 Å². The van der Waals surface area contributed by atoms with E-state index in [4.69, 9.17) is 0 Å². The molecule has 1 unspecified atom stereocenters. The Kier molecular flexibility index (Phi) is 7.91. The lowest BCUT2D eigenvalue weighted by Gasteiger charge is -2.16. The van der Waals surface area contributed by atoms with Crippen molar-refractivity contribution in [1.82, 2.24) is 14.8 Å². The number of carbonyl (C=O) groups is 1. The van der Waals surface area contributed by atoms with E-state index in [1.165, 1.54) is 11.8 Å².